The molecule has 11 heavy (non-hydrogen) atoms. The van der Waals surface area contributed by atoms with E-state index in [1.165, 1.54) is 12.8 Å². The molecule has 0 aliphatic carbocycles. The molecule has 0 atom stereocenters. The number of aldehydes is 1. The van der Waals surface area contributed by atoms with E-state index in [9.17, 15) is 4.79 Å². The van der Waals surface area contributed by atoms with Crippen LogP contribution in [0.4, 0.5) is 0 Å². The van der Waals surface area contributed by atoms with Gasteiger partial charge in [0.15, 0.2) is 0 Å². The highest BCUT2D eigenvalue weighted by Gasteiger charge is 1.90. The summed E-state index contributed by atoms with van der Waals surface area (Å²) in [5.74, 6) is 0.800. The molecule has 0 bridgehead atoms. The van der Waals surface area contributed by atoms with Crippen LogP contribution in [0.2, 0.25) is 0 Å². The van der Waals surface area contributed by atoms with Crippen LogP contribution in [0.1, 0.15) is 39.5 Å². The van der Waals surface area contributed by atoms with Crippen molar-refractivity contribution in [2.75, 3.05) is 0 Å². The van der Waals surface area contributed by atoms with Crippen LogP contribution in [0, 0.1) is 5.92 Å². The number of carbonyl (C=O) groups is 1. The predicted molar refractivity (Wildman–Crippen MR) is 48.5 cm³/mol. The molecule has 0 rings (SSSR count). The molecule has 0 aliphatic heterocycles. The van der Waals surface area contributed by atoms with Gasteiger partial charge in [0.25, 0.3) is 0 Å². The van der Waals surface area contributed by atoms with Crippen molar-refractivity contribution >= 4 is 6.29 Å². The zero-order chi connectivity index (χ0) is 8.53. The molecule has 0 heterocycles. The van der Waals surface area contributed by atoms with Gasteiger partial charge in [0, 0.05) is 6.42 Å². The third kappa shape index (κ3) is 9.41. The third-order valence-electron chi connectivity index (χ3n) is 1.55. The number of hydrogen-bond donors (Lipinski definition) is 0. The standard InChI is InChI=1S/C10H18O/c1-10(2)8-6-4-3-5-7-9-11/h3,5,9-10H,4,6-8H2,1-2H3/b5-3+. The van der Waals surface area contributed by atoms with Crippen molar-refractivity contribution in [1.29, 1.82) is 0 Å². The van der Waals surface area contributed by atoms with E-state index in [2.05, 4.69) is 19.9 Å². The third-order valence-corrected chi connectivity index (χ3v) is 1.55. The highest BCUT2D eigenvalue weighted by Crippen LogP contribution is 2.06. The van der Waals surface area contributed by atoms with Gasteiger partial charge in [0.1, 0.15) is 6.29 Å². The van der Waals surface area contributed by atoms with E-state index in [1.807, 2.05) is 6.08 Å². The van der Waals surface area contributed by atoms with E-state index in [-0.39, 0.29) is 0 Å². The van der Waals surface area contributed by atoms with Crippen molar-refractivity contribution in [2.45, 2.75) is 39.5 Å². The minimum absolute atomic E-state index is 0.571. The first-order valence-corrected chi connectivity index (χ1v) is 4.36. The van der Waals surface area contributed by atoms with Crippen LogP contribution in [0.3, 0.4) is 0 Å². The molecule has 0 aromatic carbocycles. The first-order chi connectivity index (χ1) is 5.27. The highest BCUT2D eigenvalue weighted by atomic mass is 16.1. The van der Waals surface area contributed by atoms with E-state index in [0.29, 0.717) is 6.42 Å². The minimum atomic E-state index is 0.571. The van der Waals surface area contributed by atoms with E-state index >= 15 is 0 Å². The molecule has 1 nitrogen and oxygen atoms in total. The Morgan fingerprint density at radius 1 is 1.27 bits per heavy atom. The van der Waals surface area contributed by atoms with Gasteiger partial charge in [0.05, 0.1) is 0 Å². The second-order valence-corrected chi connectivity index (χ2v) is 3.20. The van der Waals surface area contributed by atoms with Crippen molar-refractivity contribution in [1.82, 2.24) is 0 Å². The molecular weight excluding hydrogens is 136 g/mol. The van der Waals surface area contributed by atoms with Gasteiger partial charge in [-0.15, -0.1) is 0 Å². The van der Waals surface area contributed by atoms with Crippen LogP contribution >= 0.6 is 0 Å². The van der Waals surface area contributed by atoms with Gasteiger partial charge in [-0.1, -0.05) is 32.4 Å². The molecular formula is C10H18O. The Bertz CT molecular complexity index is 114. The maximum atomic E-state index is 9.89. The summed E-state index contributed by atoms with van der Waals surface area (Å²) < 4.78 is 0. The van der Waals surface area contributed by atoms with Crippen molar-refractivity contribution in [3.05, 3.63) is 12.2 Å². The van der Waals surface area contributed by atoms with E-state index in [4.69, 9.17) is 0 Å². The molecule has 0 aliphatic rings. The fourth-order valence-corrected chi connectivity index (χ4v) is 0.914. The lowest BCUT2D eigenvalue weighted by Gasteiger charge is -1.99. The normalized spacial score (nSPS) is 11.2. The Morgan fingerprint density at radius 3 is 2.55 bits per heavy atom. The average molecular weight is 154 g/mol. The smallest absolute Gasteiger partial charge is 0.123 e. The van der Waals surface area contributed by atoms with Crippen molar-refractivity contribution in [3.8, 4) is 0 Å². The lowest BCUT2D eigenvalue weighted by Crippen LogP contribution is -1.84. The molecule has 1 heteroatoms. The predicted octanol–water partition coefficient (Wildman–Crippen LogP) is 2.96. The SMILES string of the molecule is CC(C)CCC/C=C/CC=O. The summed E-state index contributed by atoms with van der Waals surface area (Å²) in [6, 6.07) is 0. The van der Waals surface area contributed by atoms with E-state index < -0.39 is 0 Å². The number of allylic oxidation sites excluding steroid dienone is 2. The van der Waals surface area contributed by atoms with Crippen LogP contribution in [0.25, 0.3) is 0 Å². The summed E-state index contributed by atoms with van der Waals surface area (Å²) in [5, 5.41) is 0. The number of carbonyl (C=O) groups excluding carboxylic acids is 1. The summed E-state index contributed by atoms with van der Waals surface area (Å²) in [6.45, 7) is 4.46. The largest absolute Gasteiger partial charge is 0.303 e. The first kappa shape index (κ1) is 10.4. The summed E-state index contributed by atoms with van der Waals surface area (Å²) >= 11 is 0. The molecule has 64 valence electrons. The van der Waals surface area contributed by atoms with Gasteiger partial charge < -0.3 is 4.79 Å². The van der Waals surface area contributed by atoms with Gasteiger partial charge in [-0.2, -0.15) is 0 Å². The maximum absolute atomic E-state index is 9.89. The Balaban J connectivity index is 3.07. The van der Waals surface area contributed by atoms with Crippen molar-refractivity contribution in [2.24, 2.45) is 5.92 Å². The average Bonchev–Trinajstić information content (AvgIpc) is 1.96. The Morgan fingerprint density at radius 2 is 2.00 bits per heavy atom. The summed E-state index contributed by atoms with van der Waals surface area (Å²) in [5.41, 5.74) is 0. The molecule has 0 unspecified atom stereocenters. The molecule has 0 N–H and O–H groups in total. The molecule has 0 amide bonds. The van der Waals surface area contributed by atoms with Crippen LogP contribution in [0.15, 0.2) is 12.2 Å². The molecule has 0 aromatic heterocycles. The van der Waals surface area contributed by atoms with Gasteiger partial charge in [-0.25, -0.2) is 0 Å². The second kappa shape index (κ2) is 7.52. The first-order valence-electron chi connectivity index (χ1n) is 4.36. The lowest BCUT2D eigenvalue weighted by molar-refractivity contribution is -0.107. The van der Waals surface area contributed by atoms with Crippen LogP contribution in [-0.2, 0) is 4.79 Å². The monoisotopic (exact) mass is 154 g/mol. The molecule has 0 saturated carbocycles. The molecule has 0 saturated heterocycles. The summed E-state index contributed by atoms with van der Waals surface area (Å²) in [6.07, 6.45) is 9.18. The quantitative estimate of drug-likeness (QED) is 0.326. The lowest BCUT2D eigenvalue weighted by atomic mass is 10.1. The van der Waals surface area contributed by atoms with Crippen LogP contribution < -0.4 is 0 Å². The van der Waals surface area contributed by atoms with Crippen LogP contribution in [0.5, 0.6) is 0 Å². The number of unbranched alkanes of at least 4 members (excludes halogenated alkanes) is 1. The topological polar surface area (TPSA) is 17.1 Å². The zero-order valence-electron chi connectivity index (χ0n) is 7.55. The fraction of sp³-hybridized carbons (Fsp3) is 0.700. The van der Waals surface area contributed by atoms with Gasteiger partial charge in [-0.05, 0) is 18.8 Å². The fourth-order valence-electron chi connectivity index (χ4n) is 0.914. The Labute approximate surface area is 69.5 Å². The molecule has 0 radical (unpaired) electrons. The number of hydrogen-bond acceptors (Lipinski definition) is 1. The summed E-state index contributed by atoms with van der Waals surface area (Å²) in [4.78, 5) is 9.89. The maximum Gasteiger partial charge on any atom is 0.123 e. The minimum Gasteiger partial charge on any atom is -0.303 e. The van der Waals surface area contributed by atoms with Gasteiger partial charge in [0.2, 0.25) is 0 Å². The second-order valence-electron chi connectivity index (χ2n) is 3.20. The Kier molecular flexibility index (Phi) is 7.11. The Hall–Kier alpha value is -0.590. The number of rotatable bonds is 6. The summed E-state index contributed by atoms with van der Waals surface area (Å²) in [7, 11) is 0. The van der Waals surface area contributed by atoms with Crippen molar-refractivity contribution in [3.63, 3.8) is 0 Å². The van der Waals surface area contributed by atoms with E-state index in [0.717, 1.165) is 18.6 Å². The van der Waals surface area contributed by atoms with Gasteiger partial charge in [-0.3, -0.25) is 0 Å². The molecule has 0 spiro atoms. The highest BCUT2D eigenvalue weighted by molar-refractivity contribution is 5.51. The van der Waals surface area contributed by atoms with Gasteiger partial charge >= 0.3 is 0 Å². The molecule has 0 aromatic rings. The van der Waals surface area contributed by atoms with Crippen molar-refractivity contribution < 1.29 is 4.79 Å². The zero-order valence-corrected chi connectivity index (χ0v) is 7.55. The van der Waals surface area contributed by atoms with Crippen LogP contribution in [-0.4, -0.2) is 6.29 Å². The van der Waals surface area contributed by atoms with E-state index in [1.54, 1.807) is 0 Å². The molecule has 0 fully saturated rings.